The molecule has 18 heavy (non-hydrogen) atoms. The van der Waals surface area contributed by atoms with Crippen LogP contribution in [0.2, 0.25) is 5.02 Å². The van der Waals surface area contributed by atoms with Crippen molar-refractivity contribution in [1.82, 2.24) is 10.2 Å². The molecule has 0 aliphatic carbocycles. The summed E-state index contributed by atoms with van der Waals surface area (Å²) in [4.78, 5) is 14.0. The van der Waals surface area contributed by atoms with Crippen molar-refractivity contribution in [3.63, 3.8) is 0 Å². The fraction of sp³-hybridized carbons (Fsp3) is 0.500. The van der Waals surface area contributed by atoms with Crippen molar-refractivity contribution in [3.8, 4) is 0 Å². The second-order valence-corrected chi connectivity index (χ2v) is 4.92. The van der Waals surface area contributed by atoms with Gasteiger partial charge in [0.05, 0.1) is 5.92 Å². The Morgan fingerprint density at radius 2 is 2.00 bits per heavy atom. The number of hydrogen-bond donors (Lipinski definition) is 1. The molecule has 0 radical (unpaired) electrons. The van der Waals surface area contributed by atoms with E-state index >= 15 is 0 Å². The van der Waals surface area contributed by atoms with Gasteiger partial charge in [-0.25, -0.2) is 0 Å². The highest BCUT2D eigenvalue weighted by Crippen LogP contribution is 2.13. The summed E-state index contributed by atoms with van der Waals surface area (Å²) in [6.45, 7) is 3.38. The van der Waals surface area contributed by atoms with Gasteiger partial charge in [0.1, 0.15) is 0 Å². The lowest BCUT2D eigenvalue weighted by atomic mass is 10.0. The zero-order valence-electron chi connectivity index (χ0n) is 11.2. The van der Waals surface area contributed by atoms with Crippen molar-refractivity contribution in [3.05, 3.63) is 34.9 Å². The highest BCUT2D eigenvalue weighted by molar-refractivity contribution is 6.30. The van der Waals surface area contributed by atoms with Gasteiger partial charge in [0.15, 0.2) is 0 Å². The minimum atomic E-state index is 0.0484. The number of rotatable bonds is 6. The summed E-state index contributed by atoms with van der Waals surface area (Å²) in [5, 5.41) is 3.78. The molecule has 0 heterocycles. The molecule has 0 saturated carbocycles. The Hall–Kier alpha value is -1.06. The first-order chi connectivity index (χ1) is 8.58. The van der Waals surface area contributed by atoms with Crippen LogP contribution in [0.4, 0.5) is 0 Å². The first-order valence-corrected chi connectivity index (χ1v) is 6.60. The van der Waals surface area contributed by atoms with E-state index in [9.17, 15) is 4.79 Å². The van der Waals surface area contributed by atoms with Gasteiger partial charge in [-0.05, 0) is 31.2 Å². The number of amides is 1. The van der Waals surface area contributed by atoms with Crippen LogP contribution < -0.4 is 5.32 Å². The fourth-order valence-electron chi connectivity index (χ4n) is 1.91. The van der Waals surface area contributed by atoms with Crippen LogP contribution in [0.3, 0.4) is 0 Å². The summed E-state index contributed by atoms with van der Waals surface area (Å²) in [7, 11) is 3.71. The molecule has 0 bridgehead atoms. The Bertz CT molecular complexity index is 378. The number of benzene rings is 1. The quantitative estimate of drug-likeness (QED) is 0.860. The highest BCUT2D eigenvalue weighted by atomic mass is 35.5. The van der Waals surface area contributed by atoms with E-state index in [-0.39, 0.29) is 11.8 Å². The van der Waals surface area contributed by atoms with Crippen LogP contribution in [0.25, 0.3) is 0 Å². The van der Waals surface area contributed by atoms with Gasteiger partial charge < -0.3 is 10.2 Å². The van der Waals surface area contributed by atoms with E-state index in [4.69, 9.17) is 11.6 Å². The van der Waals surface area contributed by atoms with Gasteiger partial charge in [0.2, 0.25) is 5.91 Å². The largest absolute Gasteiger partial charge is 0.341 e. The molecule has 1 aromatic rings. The van der Waals surface area contributed by atoms with E-state index in [1.165, 1.54) is 0 Å². The van der Waals surface area contributed by atoms with E-state index in [2.05, 4.69) is 5.32 Å². The smallest absolute Gasteiger partial charge is 0.226 e. The molecule has 0 spiro atoms. The van der Waals surface area contributed by atoms with Crippen LogP contribution in [0.15, 0.2) is 24.3 Å². The lowest BCUT2D eigenvalue weighted by molar-refractivity contribution is -0.134. The van der Waals surface area contributed by atoms with Crippen LogP contribution in [0.5, 0.6) is 0 Å². The standard InChI is InChI=1S/C14H21ClN2O/c1-4-12(9-16-2)14(18)17(3)10-11-5-7-13(15)8-6-11/h5-8,12,16H,4,9-10H2,1-3H3. The van der Waals surface area contributed by atoms with E-state index in [1.54, 1.807) is 4.90 Å². The van der Waals surface area contributed by atoms with Gasteiger partial charge >= 0.3 is 0 Å². The fourth-order valence-corrected chi connectivity index (χ4v) is 2.03. The number of nitrogens with zero attached hydrogens (tertiary/aromatic N) is 1. The Morgan fingerprint density at radius 1 is 1.39 bits per heavy atom. The number of carbonyl (C=O) groups is 1. The van der Waals surface area contributed by atoms with Crippen molar-refractivity contribution in [2.45, 2.75) is 19.9 Å². The minimum absolute atomic E-state index is 0.0484. The van der Waals surface area contributed by atoms with Crippen molar-refractivity contribution >= 4 is 17.5 Å². The Balaban J connectivity index is 2.61. The number of carbonyl (C=O) groups excluding carboxylic acids is 1. The van der Waals surface area contributed by atoms with Crippen LogP contribution in [0.1, 0.15) is 18.9 Å². The Morgan fingerprint density at radius 3 is 2.50 bits per heavy atom. The monoisotopic (exact) mass is 268 g/mol. The molecule has 100 valence electrons. The maximum atomic E-state index is 12.2. The van der Waals surface area contributed by atoms with Crippen LogP contribution >= 0.6 is 11.6 Å². The predicted molar refractivity (Wildman–Crippen MR) is 75.6 cm³/mol. The van der Waals surface area contributed by atoms with Crippen molar-refractivity contribution in [1.29, 1.82) is 0 Å². The first kappa shape index (κ1) is 15.0. The normalized spacial score (nSPS) is 12.2. The number of hydrogen-bond acceptors (Lipinski definition) is 2. The van der Waals surface area contributed by atoms with Gasteiger partial charge in [-0.15, -0.1) is 0 Å². The van der Waals surface area contributed by atoms with Crippen molar-refractivity contribution in [2.24, 2.45) is 5.92 Å². The van der Waals surface area contributed by atoms with Crippen molar-refractivity contribution < 1.29 is 4.79 Å². The molecule has 0 aliphatic rings. The second kappa shape index (κ2) is 7.39. The number of halogens is 1. The Labute approximate surface area is 114 Å². The zero-order chi connectivity index (χ0) is 13.5. The summed E-state index contributed by atoms with van der Waals surface area (Å²) in [5.41, 5.74) is 1.09. The molecule has 0 saturated heterocycles. The highest BCUT2D eigenvalue weighted by Gasteiger charge is 2.19. The third-order valence-electron chi connectivity index (χ3n) is 3.00. The summed E-state index contributed by atoms with van der Waals surface area (Å²) < 4.78 is 0. The van der Waals surface area contributed by atoms with Crippen LogP contribution in [0, 0.1) is 5.92 Å². The lowest BCUT2D eigenvalue weighted by Gasteiger charge is -2.23. The topological polar surface area (TPSA) is 32.3 Å². The molecule has 1 amide bonds. The molecule has 0 aliphatic heterocycles. The first-order valence-electron chi connectivity index (χ1n) is 6.22. The summed E-state index contributed by atoms with van der Waals surface area (Å²) in [5.74, 6) is 0.231. The average molecular weight is 269 g/mol. The SMILES string of the molecule is CCC(CNC)C(=O)N(C)Cc1ccc(Cl)cc1. The summed E-state index contributed by atoms with van der Waals surface area (Å²) in [6.07, 6.45) is 0.852. The summed E-state index contributed by atoms with van der Waals surface area (Å²) in [6, 6.07) is 7.59. The third-order valence-corrected chi connectivity index (χ3v) is 3.25. The zero-order valence-corrected chi connectivity index (χ0v) is 12.0. The van der Waals surface area contributed by atoms with Crippen LogP contribution in [-0.2, 0) is 11.3 Å². The molecule has 1 N–H and O–H groups in total. The molecular weight excluding hydrogens is 248 g/mol. The molecule has 0 aromatic heterocycles. The molecule has 4 heteroatoms. The molecular formula is C14H21ClN2O. The Kier molecular flexibility index (Phi) is 6.16. The van der Waals surface area contributed by atoms with Gasteiger partial charge in [0, 0.05) is 25.2 Å². The third kappa shape index (κ3) is 4.31. The van der Waals surface area contributed by atoms with E-state index in [0.717, 1.165) is 18.5 Å². The van der Waals surface area contributed by atoms with Crippen LogP contribution in [-0.4, -0.2) is 31.4 Å². The lowest BCUT2D eigenvalue weighted by Crippen LogP contribution is -2.36. The molecule has 1 unspecified atom stereocenters. The maximum Gasteiger partial charge on any atom is 0.226 e. The summed E-state index contributed by atoms with van der Waals surface area (Å²) >= 11 is 5.84. The molecule has 0 fully saturated rings. The molecule has 1 aromatic carbocycles. The average Bonchev–Trinajstić information content (AvgIpc) is 2.37. The van der Waals surface area contributed by atoms with E-state index in [0.29, 0.717) is 11.6 Å². The van der Waals surface area contributed by atoms with Gasteiger partial charge in [-0.3, -0.25) is 4.79 Å². The minimum Gasteiger partial charge on any atom is -0.341 e. The predicted octanol–water partition coefficient (Wildman–Crippen LogP) is 2.54. The number of nitrogens with one attached hydrogen (secondary N) is 1. The molecule has 3 nitrogen and oxygen atoms in total. The molecule has 1 rings (SSSR count). The van der Waals surface area contributed by atoms with Gasteiger partial charge in [0.25, 0.3) is 0 Å². The molecule has 1 atom stereocenters. The van der Waals surface area contributed by atoms with E-state index in [1.807, 2.05) is 45.3 Å². The van der Waals surface area contributed by atoms with E-state index < -0.39 is 0 Å². The van der Waals surface area contributed by atoms with Gasteiger partial charge in [-0.1, -0.05) is 30.7 Å². The second-order valence-electron chi connectivity index (χ2n) is 4.48. The van der Waals surface area contributed by atoms with Crippen molar-refractivity contribution in [2.75, 3.05) is 20.6 Å². The maximum absolute atomic E-state index is 12.2. The van der Waals surface area contributed by atoms with Gasteiger partial charge in [-0.2, -0.15) is 0 Å².